The van der Waals surface area contributed by atoms with Crippen molar-refractivity contribution in [1.82, 2.24) is 4.90 Å². The van der Waals surface area contributed by atoms with Crippen LogP contribution in [0.15, 0.2) is 0 Å². The number of likely N-dealkylation sites (tertiary alicyclic amines) is 1. The Bertz CT molecular complexity index is 223. The highest BCUT2D eigenvalue weighted by atomic mass is 16.5. The molecule has 0 radical (unpaired) electrons. The Morgan fingerprint density at radius 3 is 2.50 bits per heavy atom. The lowest BCUT2D eigenvalue weighted by atomic mass is 9.97. The Hall–Kier alpha value is -0.610. The standard InChI is InChI=1S/C12H24N2O2/c1-9-5-4-6-10(2)14(9)8-7-11(13)12(15)16-3/h9-11H,4-8,13H2,1-3H3. The van der Waals surface area contributed by atoms with Gasteiger partial charge in [-0.05, 0) is 33.1 Å². The lowest BCUT2D eigenvalue weighted by Gasteiger charge is -2.39. The molecule has 0 aliphatic carbocycles. The molecular weight excluding hydrogens is 204 g/mol. The topological polar surface area (TPSA) is 55.6 Å². The molecule has 94 valence electrons. The number of rotatable bonds is 4. The predicted molar refractivity (Wildman–Crippen MR) is 64.1 cm³/mol. The summed E-state index contributed by atoms with van der Waals surface area (Å²) in [6, 6.07) is 0.730. The van der Waals surface area contributed by atoms with Crippen LogP contribution in [0.25, 0.3) is 0 Å². The predicted octanol–water partition coefficient (Wildman–Crippen LogP) is 1.14. The Labute approximate surface area is 98.1 Å². The normalized spacial score (nSPS) is 28.8. The number of methoxy groups -OCH3 is 1. The highest BCUT2D eigenvalue weighted by molar-refractivity contribution is 5.75. The third-order valence-electron chi connectivity index (χ3n) is 3.58. The van der Waals surface area contributed by atoms with Crippen molar-refractivity contribution in [2.24, 2.45) is 5.73 Å². The summed E-state index contributed by atoms with van der Waals surface area (Å²) in [6.07, 6.45) is 4.48. The number of hydrogen-bond donors (Lipinski definition) is 1. The van der Waals surface area contributed by atoms with E-state index in [4.69, 9.17) is 5.73 Å². The summed E-state index contributed by atoms with van der Waals surface area (Å²) in [6.45, 7) is 5.39. The van der Waals surface area contributed by atoms with Gasteiger partial charge in [0.05, 0.1) is 7.11 Å². The Balaban J connectivity index is 2.37. The van der Waals surface area contributed by atoms with Crippen molar-refractivity contribution in [3.05, 3.63) is 0 Å². The van der Waals surface area contributed by atoms with Gasteiger partial charge in [-0.3, -0.25) is 9.69 Å². The minimum absolute atomic E-state index is 0.308. The number of hydrogen-bond acceptors (Lipinski definition) is 4. The third-order valence-corrected chi connectivity index (χ3v) is 3.58. The van der Waals surface area contributed by atoms with Crippen molar-refractivity contribution in [3.8, 4) is 0 Å². The molecule has 3 unspecified atom stereocenters. The molecule has 0 spiro atoms. The van der Waals surface area contributed by atoms with E-state index in [1.54, 1.807) is 0 Å². The van der Waals surface area contributed by atoms with E-state index in [2.05, 4.69) is 23.5 Å². The molecule has 1 heterocycles. The zero-order chi connectivity index (χ0) is 12.1. The highest BCUT2D eigenvalue weighted by Crippen LogP contribution is 2.22. The number of carbonyl (C=O) groups excluding carboxylic acids is 1. The minimum Gasteiger partial charge on any atom is -0.468 e. The van der Waals surface area contributed by atoms with Crippen LogP contribution in [0.5, 0.6) is 0 Å². The molecule has 0 bridgehead atoms. The van der Waals surface area contributed by atoms with Gasteiger partial charge < -0.3 is 10.5 Å². The molecule has 1 aliphatic rings. The number of ether oxygens (including phenoxy) is 1. The van der Waals surface area contributed by atoms with Gasteiger partial charge in [0.25, 0.3) is 0 Å². The molecule has 3 atom stereocenters. The van der Waals surface area contributed by atoms with Gasteiger partial charge in [0, 0.05) is 18.6 Å². The second-order valence-electron chi connectivity index (χ2n) is 4.79. The largest absolute Gasteiger partial charge is 0.468 e. The zero-order valence-electron chi connectivity index (χ0n) is 10.6. The van der Waals surface area contributed by atoms with Gasteiger partial charge >= 0.3 is 5.97 Å². The van der Waals surface area contributed by atoms with E-state index in [9.17, 15) is 4.79 Å². The fraction of sp³-hybridized carbons (Fsp3) is 0.917. The first-order valence-electron chi connectivity index (χ1n) is 6.15. The maximum Gasteiger partial charge on any atom is 0.322 e. The van der Waals surface area contributed by atoms with Gasteiger partial charge in [-0.25, -0.2) is 0 Å². The van der Waals surface area contributed by atoms with E-state index in [-0.39, 0.29) is 5.97 Å². The average molecular weight is 228 g/mol. The monoisotopic (exact) mass is 228 g/mol. The number of piperidine rings is 1. The summed E-state index contributed by atoms with van der Waals surface area (Å²) in [5, 5.41) is 0. The van der Waals surface area contributed by atoms with Crippen molar-refractivity contribution in [2.75, 3.05) is 13.7 Å². The quantitative estimate of drug-likeness (QED) is 0.733. The second kappa shape index (κ2) is 6.21. The van der Waals surface area contributed by atoms with Crippen LogP contribution in [0.3, 0.4) is 0 Å². The Morgan fingerprint density at radius 2 is 2.00 bits per heavy atom. The summed E-state index contributed by atoms with van der Waals surface area (Å²) in [5.74, 6) is -0.308. The molecular formula is C12H24N2O2. The fourth-order valence-corrected chi connectivity index (χ4v) is 2.47. The molecule has 1 rings (SSSR count). The molecule has 16 heavy (non-hydrogen) atoms. The van der Waals surface area contributed by atoms with Crippen LogP contribution in [0.4, 0.5) is 0 Å². The van der Waals surface area contributed by atoms with Crippen molar-refractivity contribution >= 4 is 5.97 Å². The van der Waals surface area contributed by atoms with Crippen LogP contribution >= 0.6 is 0 Å². The number of carbonyl (C=O) groups is 1. The van der Waals surface area contributed by atoms with Gasteiger partial charge in [0.2, 0.25) is 0 Å². The van der Waals surface area contributed by atoms with E-state index in [1.165, 1.54) is 26.4 Å². The number of nitrogens with two attached hydrogens (primary N) is 1. The van der Waals surface area contributed by atoms with Crippen LogP contribution < -0.4 is 5.73 Å². The Kier molecular flexibility index (Phi) is 5.22. The van der Waals surface area contributed by atoms with Gasteiger partial charge in [-0.1, -0.05) is 6.42 Å². The first-order chi connectivity index (χ1) is 7.56. The number of esters is 1. The molecule has 2 N–H and O–H groups in total. The molecule has 1 aliphatic heterocycles. The zero-order valence-corrected chi connectivity index (χ0v) is 10.6. The maximum atomic E-state index is 11.2. The smallest absolute Gasteiger partial charge is 0.322 e. The lowest BCUT2D eigenvalue weighted by Crippen LogP contribution is -2.46. The summed E-state index contributed by atoms with van der Waals surface area (Å²) >= 11 is 0. The molecule has 4 nitrogen and oxygen atoms in total. The molecule has 1 fully saturated rings. The molecule has 0 aromatic carbocycles. The molecule has 0 amide bonds. The first-order valence-corrected chi connectivity index (χ1v) is 6.15. The minimum atomic E-state index is -0.480. The average Bonchev–Trinajstić information content (AvgIpc) is 2.27. The molecule has 0 aromatic rings. The Morgan fingerprint density at radius 1 is 1.44 bits per heavy atom. The fourth-order valence-electron chi connectivity index (χ4n) is 2.47. The summed E-state index contributed by atoms with van der Waals surface area (Å²) in [7, 11) is 1.38. The van der Waals surface area contributed by atoms with E-state index in [0.717, 1.165) is 6.54 Å². The lowest BCUT2D eigenvalue weighted by molar-refractivity contribution is -0.142. The molecule has 4 heteroatoms. The van der Waals surface area contributed by atoms with E-state index in [0.29, 0.717) is 18.5 Å². The first kappa shape index (κ1) is 13.5. The van der Waals surface area contributed by atoms with E-state index in [1.807, 2.05) is 0 Å². The summed E-state index contributed by atoms with van der Waals surface area (Å²) in [4.78, 5) is 13.6. The van der Waals surface area contributed by atoms with Gasteiger partial charge in [-0.2, -0.15) is 0 Å². The van der Waals surface area contributed by atoms with Crippen LogP contribution in [-0.4, -0.2) is 42.6 Å². The van der Waals surface area contributed by atoms with Gasteiger partial charge in [0.15, 0.2) is 0 Å². The molecule has 0 saturated carbocycles. The van der Waals surface area contributed by atoms with Crippen LogP contribution in [0.1, 0.15) is 39.5 Å². The van der Waals surface area contributed by atoms with Crippen molar-refractivity contribution in [3.63, 3.8) is 0 Å². The SMILES string of the molecule is COC(=O)C(N)CCN1C(C)CCCC1C. The third kappa shape index (κ3) is 3.46. The van der Waals surface area contributed by atoms with Crippen LogP contribution in [0, 0.1) is 0 Å². The summed E-state index contributed by atoms with van der Waals surface area (Å²) < 4.78 is 4.62. The van der Waals surface area contributed by atoms with Crippen LogP contribution in [0.2, 0.25) is 0 Å². The number of nitrogens with zero attached hydrogens (tertiary/aromatic N) is 1. The second-order valence-corrected chi connectivity index (χ2v) is 4.79. The summed E-state index contributed by atoms with van der Waals surface area (Å²) in [5.41, 5.74) is 5.73. The van der Waals surface area contributed by atoms with Gasteiger partial charge in [0.1, 0.15) is 6.04 Å². The molecule has 0 aromatic heterocycles. The van der Waals surface area contributed by atoms with Crippen LogP contribution in [-0.2, 0) is 9.53 Å². The van der Waals surface area contributed by atoms with E-state index < -0.39 is 6.04 Å². The van der Waals surface area contributed by atoms with Gasteiger partial charge in [-0.15, -0.1) is 0 Å². The van der Waals surface area contributed by atoms with E-state index >= 15 is 0 Å². The maximum absolute atomic E-state index is 11.2. The van der Waals surface area contributed by atoms with Crippen molar-refractivity contribution in [1.29, 1.82) is 0 Å². The van der Waals surface area contributed by atoms with Crippen molar-refractivity contribution < 1.29 is 9.53 Å². The highest BCUT2D eigenvalue weighted by Gasteiger charge is 2.25. The van der Waals surface area contributed by atoms with Crippen molar-refractivity contribution in [2.45, 2.75) is 57.7 Å². The molecule has 1 saturated heterocycles.